The van der Waals surface area contributed by atoms with Gasteiger partial charge in [-0.3, -0.25) is 14.5 Å². The largest absolute Gasteiger partial charge is 0.350 e. The van der Waals surface area contributed by atoms with E-state index in [1.165, 1.54) is 4.90 Å². The number of carbonyl (C=O) groups excluding carboxylic acids is 2. The lowest BCUT2D eigenvalue weighted by atomic mass is 10.2. The zero-order valence-electron chi connectivity index (χ0n) is 12.7. The molecule has 2 rings (SSSR count). The van der Waals surface area contributed by atoms with Crippen LogP contribution in [-0.4, -0.2) is 53.0 Å². The molecule has 0 radical (unpaired) electrons. The minimum atomic E-state index is -0.248. The predicted molar refractivity (Wildman–Crippen MR) is 98.0 cm³/mol. The van der Waals surface area contributed by atoms with Crippen LogP contribution in [0.5, 0.6) is 0 Å². The minimum absolute atomic E-state index is 0.0233. The zero-order chi connectivity index (χ0) is 16.8. The first-order chi connectivity index (χ1) is 11.0. The molecule has 2 N–H and O–H groups in total. The standard InChI is InChI=1S/C15H18ClN3O2S2/c1-23-9-6-12-14(21)19(15(22)18-12)8-7-17-13(20)10-2-4-11(16)5-3-10/h2-5,12H,6-9H2,1H3,(H,17,20)(H,18,22)/t12-/m1/s1. The number of nitrogens with one attached hydrogen (secondary N) is 2. The molecule has 1 aromatic rings. The first-order valence-electron chi connectivity index (χ1n) is 7.17. The molecule has 2 amide bonds. The quantitative estimate of drug-likeness (QED) is 0.717. The van der Waals surface area contributed by atoms with Gasteiger partial charge in [-0.15, -0.1) is 0 Å². The van der Waals surface area contributed by atoms with Crippen molar-refractivity contribution in [1.82, 2.24) is 15.5 Å². The van der Waals surface area contributed by atoms with Gasteiger partial charge in [-0.25, -0.2) is 0 Å². The summed E-state index contributed by atoms with van der Waals surface area (Å²) in [6.07, 6.45) is 2.75. The van der Waals surface area contributed by atoms with Crippen molar-refractivity contribution in [1.29, 1.82) is 0 Å². The summed E-state index contributed by atoms with van der Waals surface area (Å²) in [5.41, 5.74) is 0.528. The highest BCUT2D eigenvalue weighted by atomic mass is 35.5. The van der Waals surface area contributed by atoms with Gasteiger partial charge in [0.1, 0.15) is 6.04 Å². The third kappa shape index (κ3) is 4.83. The molecule has 5 nitrogen and oxygen atoms in total. The van der Waals surface area contributed by atoms with Gasteiger partial charge >= 0.3 is 0 Å². The predicted octanol–water partition coefficient (Wildman–Crippen LogP) is 1.91. The maximum atomic E-state index is 12.2. The Bertz CT molecular complexity index is 595. The molecule has 0 saturated carbocycles. The lowest BCUT2D eigenvalue weighted by Gasteiger charge is -2.15. The van der Waals surface area contributed by atoms with E-state index in [0.29, 0.717) is 28.8 Å². The van der Waals surface area contributed by atoms with Crippen molar-refractivity contribution in [3.05, 3.63) is 34.9 Å². The third-order valence-electron chi connectivity index (χ3n) is 3.45. The average Bonchev–Trinajstić information content (AvgIpc) is 2.80. The van der Waals surface area contributed by atoms with Gasteiger partial charge in [0, 0.05) is 23.7 Å². The van der Waals surface area contributed by atoms with Crippen molar-refractivity contribution >= 4 is 52.5 Å². The van der Waals surface area contributed by atoms with Crippen LogP contribution in [0.15, 0.2) is 24.3 Å². The van der Waals surface area contributed by atoms with E-state index in [1.54, 1.807) is 36.0 Å². The molecule has 1 aromatic carbocycles. The van der Waals surface area contributed by atoms with Gasteiger partial charge in [-0.1, -0.05) is 11.6 Å². The molecule has 1 aliphatic rings. The van der Waals surface area contributed by atoms with Crippen LogP contribution in [0.4, 0.5) is 0 Å². The maximum absolute atomic E-state index is 12.2. The Morgan fingerprint density at radius 1 is 1.43 bits per heavy atom. The summed E-state index contributed by atoms with van der Waals surface area (Å²) in [4.78, 5) is 25.8. The van der Waals surface area contributed by atoms with Crippen molar-refractivity contribution in [3.8, 4) is 0 Å². The summed E-state index contributed by atoms with van der Waals surface area (Å²) in [5, 5.41) is 6.82. The van der Waals surface area contributed by atoms with Crippen LogP contribution in [-0.2, 0) is 4.79 Å². The summed E-state index contributed by atoms with van der Waals surface area (Å²) in [5.74, 6) is 0.670. The number of nitrogens with zero attached hydrogens (tertiary/aromatic N) is 1. The Kier molecular flexibility index (Phi) is 6.68. The van der Waals surface area contributed by atoms with Crippen LogP contribution in [0, 0.1) is 0 Å². The molecule has 1 atom stereocenters. The Morgan fingerprint density at radius 2 is 2.13 bits per heavy atom. The van der Waals surface area contributed by atoms with E-state index >= 15 is 0 Å². The van der Waals surface area contributed by atoms with Crippen LogP contribution in [0.2, 0.25) is 5.02 Å². The van der Waals surface area contributed by atoms with E-state index in [4.69, 9.17) is 23.8 Å². The number of amides is 2. The highest BCUT2D eigenvalue weighted by molar-refractivity contribution is 7.98. The second-order valence-electron chi connectivity index (χ2n) is 5.04. The fraction of sp³-hybridized carbons (Fsp3) is 0.400. The average molecular weight is 372 g/mol. The summed E-state index contributed by atoms with van der Waals surface area (Å²) < 4.78 is 0. The summed E-state index contributed by atoms with van der Waals surface area (Å²) in [7, 11) is 0. The number of halogens is 1. The van der Waals surface area contributed by atoms with E-state index in [1.807, 2.05) is 6.26 Å². The van der Waals surface area contributed by atoms with Gasteiger partial charge < -0.3 is 10.6 Å². The number of thiocarbonyl (C=S) groups is 1. The first-order valence-corrected chi connectivity index (χ1v) is 9.35. The number of carbonyl (C=O) groups is 2. The molecule has 23 heavy (non-hydrogen) atoms. The maximum Gasteiger partial charge on any atom is 0.251 e. The molecule has 1 aliphatic heterocycles. The van der Waals surface area contributed by atoms with Gasteiger partial charge in [-0.05, 0) is 54.9 Å². The number of benzene rings is 1. The summed E-state index contributed by atoms with van der Waals surface area (Å²) >= 11 is 12.7. The second kappa shape index (κ2) is 8.52. The normalized spacial score (nSPS) is 17.3. The van der Waals surface area contributed by atoms with Gasteiger partial charge in [0.05, 0.1) is 0 Å². The van der Waals surface area contributed by atoms with Gasteiger partial charge in [0.15, 0.2) is 5.11 Å². The van der Waals surface area contributed by atoms with Crippen LogP contribution in [0.1, 0.15) is 16.8 Å². The molecular formula is C15H18ClN3O2S2. The number of hydrogen-bond donors (Lipinski definition) is 2. The third-order valence-corrected chi connectivity index (χ3v) is 4.68. The van der Waals surface area contributed by atoms with E-state index in [2.05, 4.69) is 10.6 Å². The highest BCUT2D eigenvalue weighted by Gasteiger charge is 2.34. The molecule has 8 heteroatoms. The lowest BCUT2D eigenvalue weighted by Crippen LogP contribution is -2.39. The molecule has 0 unspecified atom stereocenters. The van der Waals surface area contributed by atoms with Crippen molar-refractivity contribution in [2.75, 3.05) is 25.1 Å². The molecule has 0 spiro atoms. The Morgan fingerprint density at radius 3 is 2.78 bits per heavy atom. The monoisotopic (exact) mass is 371 g/mol. The van der Waals surface area contributed by atoms with Gasteiger partial charge in [-0.2, -0.15) is 11.8 Å². The number of rotatable bonds is 7. The van der Waals surface area contributed by atoms with E-state index in [9.17, 15) is 9.59 Å². The Labute approximate surface area is 150 Å². The summed E-state index contributed by atoms with van der Waals surface area (Å²) in [6.45, 7) is 0.698. The van der Waals surface area contributed by atoms with Crippen LogP contribution in [0.3, 0.4) is 0 Å². The van der Waals surface area contributed by atoms with Gasteiger partial charge in [0.25, 0.3) is 11.8 Å². The zero-order valence-corrected chi connectivity index (χ0v) is 15.1. The smallest absolute Gasteiger partial charge is 0.251 e. The van der Waals surface area contributed by atoms with Crippen molar-refractivity contribution in [3.63, 3.8) is 0 Å². The Hall–Kier alpha value is -1.31. The first kappa shape index (κ1) is 18.0. The highest BCUT2D eigenvalue weighted by Crippen LogP contribution is 2.12. The van der Waals surface area contributed by atoms with E-state index < -0.39 is 0 Å². The topological polar surface area (TPSA) is 61.4 Å². The van der Waals surface area contributed by atoms with E-state index in [0.717, 1.165) is 12.2 Å². The summed E-state index contributed by atoms with van der Waals surface area (Å²) in [6, 6.07) is 6.39. The fourth-order valence-electron chi connectivity index (χ4n) is 2.20. The molecular weight excluding hydrogens is 354 g/mol. The lowest BCUT2D eigenvalue weighted by molar-refractivity contribution is -0.127. The molecule has 124 valence electrons. The van der Waals surface area contributed by atoms with E-state index in [-0.39, 0.29) is 17.9 Å². The van der Waals surface area contributed by atoms with Crippen molar-refractivity contribution < 1.29 is 9.59 Å². The fourth-order valence-corrected chi connectivity index (χ4v) is 3.13. The van der Waals surface area contributed by atoms with Crippen LogP contribution >= 0.6 is 35.6 Å². The van der Waals surface area contributed by atoms with Crippen LogP contribution in [0.25, 0.3) is 0 Å². The van der Waals surface area contributed by atoms with Crippen LogP contribution < -0.4 is 10.6 Å². The number of hydrogen-bond acceptors (Lipinski definition) is 4. The van der Waals surface area contributed by atoms with Crippen molar-refractivity contribution in [2.24, 2.45) is 0 Å². The molecule has 0 aromatic heterocycles. The molecule has 0 bridgehead atoms. The van der Waals surface area contributed by atoms with Gasteiger partial charge in [0.2, 0.25) is 0 Å². The molecule has 1 saturated heterocycles. The SMILES string of the molecule is CSCC[C@H]1NC(=S)N(CCNC(=O)c2ccc(Cl)cc2)C1=O. The molecule has 1 fully saturated rings. The Balaban J connectivity index is 1.81. The second-order valence-corrected chi connectivity index (χ2v) is 6.84. The minimum Gasteiger partial charge on any atom is -0.350 e. The molecule has 0 aliphatic carbocycles. The number of thioether (sulfide) groups is 1. The molecule has 1 heterocycles. The van der Waals surface area contributed by atoms with Crippen molar-refractivity contribution in [2.45, 2.75) is 12.5 Å².